The minimum absolute atomic E-state index is 0.00549. The smallest absolute Gasteiger partial charge is 0.337 e. The number of methoxy groups -OCH3 is 2. The Labute approximate surface area is 149 Å². The predicted molar refractivity (Wildman–Crippen MR) is 90.7 cm³/mol. The van der Waals surface area contributed by atoms with Gasteiger partial charge in [-0.3, -0.25) is 9.59 Å². The summed E-state index contributed by atoms with van der Waals surface area (Å²) < 4.78 is 9.96. The molecule has 0 saturated carbocycles. The van der Waals surface area contributed by atoms with Gasteiger partial charge in [-0.1, -0.05) is 6.07 Å². The fraction of sp³-hybridized carbons (Fsp3) is 0.353. The van der Waals surface area contributed by atoms with E-state index in [-0.39, 0.29) is 37.4 Å². The van der Waals surface area contributed by atoms with E-state index in [1.165, 1.54) is 25.2 Å². The molecular weight excluding hydrogens is 344 g/mol. The molecule has 0 saturated heterocycles. The van der Waals surface area contributed by atoms with Crippen molar-refractivity contribution in [1.82, 2.24) is 4.90 Å². The maximum absolute atomic E-state index is 12.5. The lowest BCUT2D eigenvalue weighted by atomic mass is 10.1. The first-order valence-corrected chi connectivity index (χ1v) is 7.78. The molecule has 1 aromatic rings. The van der Waals surface area contributed by atoms with Gasteiger partial charge in [0.2, 0.25) is 0 Å². The van der Waals surface area contributed by atoms with Crippen molar-refractivity contribution in [3.8, 4) is 5.75 Å². The summed E-state index contributed by atoms with van der Waals surface area (Å²) in [5.74, 6) is -1.75. The molecule has 9 nitrogen and oxygen atoms in total. The standard InChI is InChI=1S/C17H20N2O7/c1-25-13-4-3-10(8-14(21)22)7-12(13)18-15-11(17(24)26-2)9-19(5-6-20)16(15)23/h3-4,7,18,20H,5-6,8-9H2,1-2H3,(H,21,22). The Morgan fingerprint density at radius 2 is 2.04 bits per heavy atom. The molecule has 0 bridgehead atoms. The number of rotatable bonds is 8. The monoisotopic (exact) mass is 364 g/mol. The Hall–Kier alpha value is -3.07. The number of carbonyl (C=O) groups is 3. The van der Waals surface area contributed by atoms with Gasteiger partial charge in [0.25, 0.3) is 5.91 Å². The Morgan fingerprint density at radius 3 is 2.62 bits per heavy atom. The molecule has 3 N–H and O–H groups in total. The van der Waals surface area contributed by atoms with Crippen LogP contribution >= 0.6 is 0 Å². The summed E-state index contributed by atoms with van der Waals surface area (Å²) in [6.45, 7) is -0.170. The summed E-state index contributed by atoms with van der Waals surface area (Å²) in [4.78, 5) is 36.8. The molecule has 0 atom stereocenters. The molecule has 9 heteroatoms. The number of aliphatic carboxylic acids is 1. The summed E-state index contributed by atoms with van der Waals surface area (Å²) in [5, 5.41) is 20.9. The lowest BCUT2D eigenvalue weighted by molar-refractivity contribution is -0.137. The van der Waals surface area contributed by atoms with E-state index in [0.29, 0.717) is 17.0 Å². The first-order chi connectivity index (χ1) is 12.4. The van der Waals surface area contributed by atoms with E-state index in [4.69, 9.17) is 19.7 Å². The highest BCUT2D eigenvalue weighted by Crippen LogP contribution is 2.30. The van der Waals surface area contributed by atoms with Crippen LogP contribution in [-0.2, 0) is 25.5 Å². The van der Waals surface area contributed by atoms with Gasteiger partial charge >= 0.3 is 11.9 Å². The highest BCUT2D eigenvalue weighted by Gasteiger charge is 2.34. The predicted octanol–water partition coefficient (Wildman–Crippen LogP) is -0.00420. The van der Waals surface area contributed by atoms with Gasteiger partial charge < -0.3 is 29.9 Å². The number of hydrogen-bond acceptors (Lipinski definition) is 7. The summed E-state index contributed by atoms with van der Waals surface area (Å²) in [7, 11) is 2.64. The van der Waals surface area contributed by atoms with Gasteiger partial charge in [0.05, 0.1) is 45.1 Å². The third-order valence-corrected chi connectivity index (χ3v) is 3.83. The molecule has 0 aromatic heterocycles. The van der Waals surface area contributed by atoms with E-state index in [0.717, 1.165) is 0 Å². The zero-order valence-electron chi connectivity index (χ0n) is 14.4. The van der Waals surface area contributed by atoms with Crippen molar-refractivity contribution in [1.29, 1.82) is 0 Å². The van der Waals surface area contributed by atoms with Crippen LogP contribution in [0.5, 0.6) is 5.75 Å². The fourth-order valence-electron chi connectivity index (χ4n) is 2.62. The summed E-state index contributed by atoms with van der Waals surface area (Å²) >= 11 is 0. The number of nitrogens with zero attached hydrogens (tertiary/aromatic N) is 1. The number of aliphatic hydroxyl groups excluding tert-OH is 1. The second kappa shape index (κ2) is 8.34. The van der Waals surface area contributed by atoms with E-state index in [1.54, 1.807) is 12.1 Å². The molecule has 1 aliphatic heterocycles. The van der Waals surface area contributed by atoms with E-state index in [2.05, 4.69) is 5.32 Å². The maximum atomic E-state index is 12.5. The van der Waals surface area contributed by atoms with Gasteiger partial charge in [-0.05, 0) is 17.7 Å². The minimum Gasteiger partial charge on any atom is -0.495 e. The van der Waals surface area contributed by atoms with Crippen molar-refractivity contribution in [2.45, 2.75) is 6.42 Å². The molecule has 0 fully saturated rings. The van der Waals surface area contributed by atoms with Crippen LogP contribution in [0.4, 0.5) is 5.69 Å². The van der Waals surface area contributed by atoms with Crippen LogP contribution < -0.4 is 10.1 Å². The van der Waals surface area contributed by atoms with E-state index < -0.39 is 17.8 Å². The van der Waals surface area contributed by atoms with Gasteiger partial charge in [0.15, 0.2) is 0 Å². The van der Waals surface area contributed by atoms with Crippen LogP contribution in [0, 0.1) is 0 Å². The van der Waals surface area contributed by atoms with Gasteiger partial charge in [-0.25, -0.2) is 4.79 Å². The number of β-amino-alcohol motifs (C(OH)–C–C–N with tert-alkyl or cyclic N) is 1. The SMILES string of the molecule is COC(=O)C1=C(Nc2cc(CC(=O)O)ccc2OC)C(=O)N(CCO)C1. The average molecular weight is 364 g/mol. The van der Waals surface area contributed by atoms with Crippen LogP contribution in [0.15, 0.2) is 29.5 Å². The largest absolute Gasteiger partial charge is 0.495 e. The number of carboxylic acid groups (broad SMARTS) is 1. The Bertz CT molecular complexity index is 757. The van der Waals surface area contributed by atoms with Crippen LogP contribution in [0.2, 0.25) is 0 Å². The van der Waals surface area contributed by atoms with Gasteiger partial charge in [0.1, 0.15) is 11.4 Å². The summed E-state index contributed by atoms with van der Waals surface area (Å²) in [6, 6.07) is 4.71. The topological polar surface area (TPSA) is 125 Å². The number of carboxylic acids is 1. The third kappa shape index (κ3) is 4.12. The molecule has 1 aliphatic rings. The van der Waals surface area contributed by atoms with Gasteiger partial charge in [0, 0.05) is 6.54 Å². The maximum Gasteiger partial charge on any atom is 0.337 e. The zero-order chi connectivity index (χ0) is 19.3. The highest BCUT2D eigenvalue weighted by molar-refractivity contribution is 6.08. The van der Waals surface area contributed by atoms with E-state index >= 15 is 0 Å². The third-order valence-electron chi connectivity index (χ3n) is 3.83. The molecule has 0 spiro atoms. The number of aliphatic hydroxyl groups is 1. The van der Waals surface area contributed by atoms with Crippen molar-refractivity contribution in [3.63, 3.8) is 0 Å². The Morgan fingerprint density at radius 1 is 1.31 bits per heavy atom. The number of benzene rings is 1. The number of nitrogens with one attached hydrogen (secondary N) is 1. The molecule has 140 valence electrons. The molecule has 1 heterocycles. The molecular formula is C17H20N2O7. The lowest BCUT2D eigenvalue weighted by Gasteiger charge is -2.16. The van der Waals surface area contributed by atoms with Gasteiger partial charge in [-0.2, -0.15) is 0 Å². The fourth-order valence-corrected chi connectivity index (χ4v) is 2.62. The van der Waals surface area contributed by atoms with Gasteiger partial charge in [-0.15, -0.1) is 0 Å². The molecule has 26 heavy (non-hydrogen) atoms. The van der Waals surface area contributed by atoms with Crippen LogP contribution in [-0.4, -0.2) is 66.9 Å². The molecule has 0 aliphatic carbocycles. The van der Waals surface area contributed by atoms with Crippen molar-refractivity contribution < 1.29 is 34.1 Å². The van der Waals surface area contributed by atoms with E-state index in [1.807, 2.05) is 0 Å². The van der Waals surface area contributed by atoms with Crippen LogP contribution in [0.1, 0.15) is 5.56 Å². The Balaban J connectivity index is 2.40. The average Bonchev–Trinajstić information content (AvgIpc) is 2.91. The zero-order valence-corrected chi connectivity index (χ0v) is 14.4. The van der Waals surface area contributed by atoms with Crippen molar-refractivity contribution in [2.75, 3.05) is 39.2 Å². The molecule has 1 aromatic carbocycles. The second-order valence-corrected chi connectivity index (χ2v) is 5.53. The first kappa shape index (κ1) is 19.3. The highest BCUT2D eigenvalue weighted by atomic mass is 16.5. The summed E-state index contributed by atoms with van der Waals surface area (Å²) in [6.07, 6.45) is -0.202. The van der Waals surface area contributed by atoms with E-state index in [9.17, 15) is 14.4 Å². The summed E-state index contributed by atoms with van der Waals surface area (Å²) in [5.41, 5.74) is 0.980. The van der Waals surface area contributed by atoms with Crippen LogP contribution in [0.25, 0.3) is 0 Å². The molecule has 1 amide bonds. The Kier molecular flexibility index (Phi) is 6.18. The number of ether oxygens (including phenoxy) is 2. The van der Waals surface area contributed by atoms with Crippen LogP contribution in [0.3, 0.4) is 0 Å². The number of anilines is 1. The molecule has 0 radical (unpaired) electrons. The number of amides is 1. The van der Waals surface area contributed by atoms with Crippen molar-refractivity contribution in [3.05, 3.63) is 35.0 Å². The normalized spacial score (nSPS) is 13.8. The van der Waals surface area contributed by atoms with Crippen molar-refractivity contribution in [2.24, 2.45) is 0 Å². The quantitative estimate of drug-likeness (QED) is 0.550. The molecule has 0 unspecified atom stereocenters. The second-order valence-electron chi connectivity index (χ2n) is 5.53. The number of hydrogen-bond donors (Lipinski definition) is 3. The first-order valence-electron chi connectivity index (χ1n) is 7.78. The molecule has 2 rings (SSSR count). The minimum atomic E-state index is -0.998. The number of esters is 1. The lowest BCUT2D eigenvalue weighted by Crippen LogP contribution is -2.31. The van der Waals surface area contributed by atoms with Crippen molar-refractivity contribution >= 4 is 23.5 Å². The number of carbonyl (C=O) groups excluding carboxylic acids is 2.